The molecular weight excluding hydrogens is 260 g/mol. The molecule has 0 aliphatic heterocycles. The standard InChI is InChI=1S/C14H24N2O2S/c1-5-10(2)12(4)16-19(17,18)14-8-6-7-13(9-14)11(3)15/h6-12,16H,5,15H2,1-4H3. The molecule has 0 aromatic heterocycles. The van der Waals surface area contributed by atoms with Gasteiger partial charge >= 0.3 is 0 Å². The zero-order chi connectivity index (χ0) is 14.6. The molecule has 0 heterocycles. The van der Waals surface area contributed by atoms with E-state index in [9.17, 15) is 8.42 Å². The van der Waals surface area contributed by atoms with Crippen molar-refractivity contribution in [3.63, 3.8) is 0 Å². The summed E-state index contributed by atoms with van der Waals surface area (Å²) in [7, 11) is -3.48. The average molecular weight is 284 g/mol. The second-order valence-corrected chi connectivity index (χ2v) is 6.87. The molecule has 0 fully saturated rings. The fourth-order valence-corrected chi connectivity index (χ4v) is 3.15. The molecule has 0 spiro atoms. The Hall–Kier alpha value is -0.910. The van der Waals surface area contributed by atoms with Crippen LogP contribution in [0.3, 0.4) is 0 Å². The lowest BCUT2D eigenvalue weighted by molar-refractivity contribution is 0.434. The molecule has 0 saturated carbocycles. The van der Waals surface area contributed by atoms with E-state index in [1.165, 1.54) is 0 Å². The zero-order valence-electron chi connectivity index (χ0n) is 12.1. The highest BCUT2D eigenvalue weighted by Crippen LogP contribution is 2.17. The third kappa shape index (κ3) is 4.30. The SMILES string of the molecule is CCC(C)C(C)NS(=O)(=O)c1cccc(C(C)N)c1. The molecule has 3 atom stereocenters. The summed E-state index contributed by atoms with van der Waals surface area (Å²) in [5.74, 6) is 0.298. The summed E-state index contributed by atoms with van der Waals surface area (Å²) in [6.07, 6.45) is 0.934. The van der Waals surface area contributed by atoms with Crippen molar-refractivity contribution in [2.75, 3.05) is 0 Å². The minimum atomic E-state index is -3.48. The van der Waals surface area contributed by atoms with Crippen molar-refractivity contribution in [2.24, 2.45) is 11.7 Å². The van der Waals surface area contributed by atoms with Crippen LogP contribution in [0.5, 0.6) is 0 Å². The predicted molar refractivity (Wildman–Crippen MR) is 78.3 cm³/mol. The number of hydrogen-bond acceptors (Lipinski definition) is 3. The largest absolute Gasteiger partial charge is 0.324 e. The van der Waals surface area contributed by atoms with E-state index < -0.39 is 10.0 Å². The Kier molecular flexibility index (Phi) is 5.52. The molecule has 108 valence electrons. The quantitative estimate of drug-likeness (QED) is 0.842. The van der Waals surface area contributed by atoms with E-state index in [1.807, 2.05) is 33.8 Å². The Balaban J connectivity index is 2.97. The molecule has 1 aromatic carbocycles. The zero-order valence-corrected chi connectivity index (χ0v) is 12.9. The van der Waals surface area contributed by atoms with Crippen LogP contribution in [-0.4, -0.2) is 14.5 Å². The fraction of sp³-hybridized carbons (Fsp3) is 0.571. The second-order valence-electron chi connectivity index (χ2n) is 5.16. The van der Waals surface area contributed by atoms with Crippen LogP contribution in [0.1, 0.15) is 45.7 Å². The smallest absolute Gasteiger partial charge is 0.240 e. The number of sulfonamides is 1. The maximum Gasteiger partial charge on any atom is 0.240 e. The summed E-state index contributed by atoms with van der Waals surface area (Å²) in [5, 5.41) is 0. The van der Waals surface area contributed by atoms with Crippen molar-refractivity contribution in [2.45, 2.75) is 51.1 Å². The summed E-state index contributed by atoms with van der Waals surface area (Å²) in [5.41, 5.74) is 6.60. The highest BCUT2D eigenvalue weighted by molar-refractivity contribution is 7.89. The first kappa shape index (κ1) is 16.1. The van der Waals surface area contributed by atoms with Crippen molar-refractivity contribution in [3.05, 3.63) is 29.8 Å². The van der Waals surface area contributed by atoms with Crippen molar-refractivity contribution in [3.8, 4) is 0 Å². The second kappa shape index (κ2) is 6.50. The van der Waals surface area contributed by atoms with Crippen LogP contribution in [-0.2, 0) is 10.0 Å². The molecule has 1 rings (SSSR count). The van der Waals surface area contributed by atoms with Gasteiger partial charge in [0.25, 0.3) is 0 Å². The van der Waals surface area contributed by atoms with Crippen molar-refractivity contribution < 1.29 is 8.42 Å². The Morgan fingerprint density at radius 2 is 1.89 bits per heavy atom. The van der Waals surface area contributed by atoms with Gasteiger partial charge in [0.1, 0.15) is 0 Å². The minimum Gasteiger partial charge on any atom is -0.324 e. The van der Waals surface area contributed by atoms with E-state index in [0.717, 1.165) is 12.0 Å². The van der Waals surface area contributed by atoms with E-state index >= 15 is 0 Å². The van der Waals surface area contributed by atoms with Gasteiger partial charge in [0.2, 0.25) is 10.0 Å². The monoisotopic (exact) mass is 284 g/mol. The summed E-state index contributed by atoms with van der Waals surface area (Å²) in [6, 6.07) is 6.52. The molecule has 4 nitrogen and oxygen atoms in total. The van der Waals surface area contributed by atoms with Crippen LogP contribution >= 0.6 is 0 Å². The van der Waals surface area contributed by atoms with E-state index in [0.29, 0.717) is 5.92 Å². The maximum absolute atomic E-state index is 12.3. The highest BCUT2D eigenvalue weighted by atomic mass is 32.2. The topological polar surface area (TPSA) is 72.2 Å². The molecule has 3 N–H and O–H groups in total. The summed E-state index contributed by atoms with van der Waals surface area (Å²) in [4.78, 5) is 0.275. The lowest BCUT2D eigenvalue weighted by Gasteiger charge is -2.20. The summed E-state index contributed by atoms with van der Waals surface area (Å²) >= 11 is 0. The van der Waals surface area contributed by atoms with Crippen molar-refractivity contribution in [1.29, 1.82) is 0 Å². The molecule has 0 radical (unpaired) electrons. The molecule has 0 aliphatic rings. The number of hydrogen-bond donors (Lipinski definition) is 2. The molecule has 0 bridgehead atoms. The van der Waals surface area contributed by atoms with Crippen LogP contribution < -0.4 is 10.5 Å². The Bertz CT molecular complexity index is 512. The van der Waals surface area contributed by atoms with Crippen molar-refractivity contribution in [1.82, 2.24) is 4.72 Å². The molecule has 5 heteroatoms. The van der Waals surface area contributed by atoms with Gasteiger partial charge in [-0.3, -0.25) is 0 Å². The molecule has 1 aromatic rings. The number of nitrogens with one attached hydrogen (secondary N) is 1. The van der Waals surface area contributed by atoms with Gasteiger partial charge in [-0.25, -0.2) is 13.1 Å². The van der Waals surface area contributed by atoms with Gasteiger partial charge in [0.15, 0.2) is 0 Å². The van der Waals surface area contributed by atoms with Crippen LogP contribution in [0.25, 0.3) is 0 Å². The molecule has 19 heavy (non-hydrogen) atoms. The van der Waals surface area contributed by atoms with Gasteiger partial charge < -0.3 is 5.73 Å². The van der Waals surface area contributed by atoms with E-state index in [1.54, 1.807) is 18.2 Å². The lowest BCUT2D eigenvalue weighted by Crippen LogP contribution is -2.36. The minimum absolute atomic E-state index is 0.0889. The van der Waals surface area contributed by atoms with Gasteiger partial charge in [-0.2, -0.15) is 0 Å². The Morgan fingerprint density at radius 3 is 2.42 bits per heavy atom. The number of nitrogens with two attached hydrogens (primary N) is 1. The summed E-state index contributed by atoms with van der Waals surface area (Å²) < 4.78 is 27.3. The third-order valence-corrected chi connectivity index (χ3v) is 5.09. The molecule has 0 amide bonds. The fourth-order valence-electron chi connectivity index (χ4n) is 1.75. The predicted octanol–water partition coefficient (Wildman–Crippen LogP) is 2.42. The van der Waals surface area contributed by atoms with Crippen LogP contribution in [0.2, 0.25) is 0 Å². The summed E-state index contributed by atoms with van der Waals surface area (Å²) in [6.45, 7) is 7.81. The Morgan fingerprint density at radius 1 is 1.26 bits per heavy atom. The van der Waals surface area contributed by atoms with E-state index in [-0.39, 0.29) is 17.0 Å². The average Bonchev–Trinajstić information content (AvgIpc) is 2.37. The molecule has 0 saturated heterocycles. The van der Waals surface area contributed by atoms with Gasteiger partial charge in [0, 0.05) is 12.1 Å². The molecule has 0 aliphatic carbocycles. The van der Waals surface area contributed by atoms with Crippen LogP contribution in [0, 0.1) is 5.92 Å². The third-order valence-electron chi connectivity index (χ3n) is 3.53. The maximum atomic E-state index is 12.3. The first-order chi connectivity index (χ1) is 8.77. The molecular formula is C14H24N2O2S. The van der Waals surface area contributed by atoms with Gasteiger partial charge in [0.05, 0.1) is 4.90 Å². The normalized spacial score (nSPS) is 16.9. The highest BCUT2D eigenvalue weighted by Gasteiger charge is 2.20. The first-order valence-electron chi connectivity index (χ1n) is 6.65. The van der Waals surface area contributed by atoms with Gasteiger partial charge in [-0.15, -0.1) is 0 Å². The van der Waals surface area contributed by atoms with Gasteiger partial charge in [-0.05, 0) is 37.5 Å². The van der Waals surface area contributed by atoms with E-state index in [2.05, 4.69) is 4.72 Å². The van der Waals surface area contributed by atoms with Crippen LogP contribution in [0.15, 0.2) is 29.2 Å². The first-order valence-corrected chi connectivity index (χ1v) is 8.14. The van der Waals surface area contributed by atoms with Gasteiger partial charge in [-0.1, -0.05) is 32.4 Å². The number of benzene rings is 1. The van der Waals surface area contributed by atoms with Crippen molar-refractivity contribution >= 4 is 10.0 Å². The number of rotatable bonds is 6. The van der Waals surface area contributed by atoms with E-state index in [4.69, 9.17) is 5.73 Å². The van der Waals surface area contributed by atoms with Crippen LogP contribution in [0.4, 0.5) is 0 Å². The Labute approximate surface area is 116 Å². The molecule has 3 unspecified atom stereocenters. The lowest BCUT2D eigenvalue weighted by atomic mass is 10.0.